The fourth-order valence-corrected chi connectivity index (χ4v) is 3.20. The molecular weight excluding hydrogens is 375 g/mol. The van der Waals surface area contributed by atoms with Crippen molar-refractivity contribution in [3.63, 3.8) is 0 Å². The minimum absolute atomic E-state index is 0.0959. The second-order valence-electron chi connectivity index (χ2n) is 6.32. The molecule has 0 bridgehead atoms. The van der Waals surface area contributed by atoms with Gasteiger partial charge in [-0.3, -0.25) is 14.0 Å². The van der Waals surface area contributed by atoms with E-state index in [4.69, 9.17) is 0 Å². The Kier molecular flexibility index (Phi) is 4.29. The van der Waals surface area contributed by atoms with Gasteiger partial charge < -0.3 is 9.64 Å². The highest BCUT2D eigenvalue weighted by atomic mass is 19.4. The largest absolute Gasteiger partial charge is 0.573 e. The fourth-order valence-electron chi connectivity index (χ4n) is 3.20. The van der Waals surface area contributed by atoms with Crippen LogP contribution in [0, 0.1) is 0 Å². The topological polar surface area (TPSA) is 63.9 Å². The lowest BCUT2D eigenvalue weighted by Crippen LogP contribution is -2.40. The van der Waals surface area contributed by atoms with Crippen molar-refractivity contribution in [1.82, 2.24) is 14.3 Å². The molecule has 0 radical (unpaired) electrons. The van der Waals surface area contributed by atoms with E-state index in [0.717, 1.165) is 12.1 Å². The maximum Gasteiger partial charge on any atom is 0.573 e. The van der Waals surface area contributed by atoms with E-state index in [1.165, 1.54) is 21.4 Å². The van der Waals surface area contributed by atoms with Gasteiger partial charge in [0.15, 0.2) is 0 Å². The number of fused-ring (bicyclic) bond motifs is 2. The van der Waals surface area contributed by atoms with Gasteiger partial charge in [-0.2, -0.15) is 0 Å². The van der Waals surface area contributed by atoms with E-state index in [1.54, 1.807) is 24.4 Å². The molecule has 0 spiro atoms. The van der Waals surface area contributed by atoms with Crippen molar-refractivity contribution in [3.8, 4) is 5.75 Å². The lowest BCUT2D eigenvalue weighted by molar-refractivity contribution is -0.274. The quantitative estimate of drug-likeness (QED) is 0.676. The zero-order valence-corrected chi connectivity index (χ0v) is 14.4. The van der Waals surface area contributed by atoms with Crippen LogP contribution >= 0.6 is 0 Å². The van der Waals surface area contributed by atoms with Crippen LogP contribution in [0.15, 0.2) is 53.5 Å². The second-order valence-corrected chi connectivity index (χ2v) is 6.32. The molecule has 2 aromatic heterocycles. The van der Waals surface area contributed by atoms with Gasteiger partial charge in [-0.25, -0.2) is 4.98 Å². The molecule has 0 saturated heterocycles. The average Bonchev–Trinajstić information content (AvgIpc) is 2.67. The van der Waals surface area contributed by atoms with E-state index >= 15 is 0 Å². The Morgan fingerprint density at radius 3 is 2.57 bits per heavy atom. The smallest absolute Gasteiger partial charge is 0.406 e. The summed E-state index contributed by atoms with van der Waals surface area (Å²) < 4.78 is 42.0. The lowest BCUT2D eigenvalue weighted by Gasteiger charge is -2.28. The van der Waals surface area contributed by atoms with Crippen LogP contribution in [0.5, 0.6) is 5.75 Å². The van der Waals surface area contributed by atoms with Gasteiger partial charge in [-0.1, -0.05) is 6.07 Å². The van der Waals surface area contributed by atoms with Gasteiger partial charge in [0.1, 0.15) is 11.4 Å². The highest BCUT2D eigenvalue weighted by molar-refractivity contribution is 5.94. The Morgan fingerprint density at radius 1 is 1.11 bits per heavy atom. The van der Waals surface area contributed by atoms with Crippen molar-refractivity contribution in [3.05, 3.63) is 75.8 Å². The standard InChI is InChI=1S/C19H14F3N3O3/c20-19(21,22)28-13-6-4-12(5-7-13)17(26)24-10-8-15-14(11-24)18(27)25-9-2-1-3-16(25)23-15/h1-7,9H,8,10-11H2. The van der Waals surface area contributed by atoms with E-state index in [9.17, 15) is 22.8 Å². The van der Waals surface area contributed by atoms with Gasteiger partial charge in [0.25, 0.3) is 11.5 Å². The summed E-state index contributed by atoms with van der Waals surface area (Å²) in [4.78, 5) is 31.4. The Hall–Kier alpha value is -3.36. The number of amides is 1. The molecule has 0 unspecified atom stereocenters. The highest BCUT2D eigenvalue weighted by Gasteiger charge is 2.31. The van der Waals surface area contributed by atoms with Crippen LogP contribution in [0.25, 0.3) is 5.65 Å². The summed E-state index contributed by atoms with van der Waals surface area (Å²) in [5, 5.41) is 0. The number of aromatic nitrogens is 2. The number of rotatable bonds is 2. The molecule has 0 saturated carbocycles. The van der Waals surface area contributed by atoms with Crippen molar-refractivity contribution in [2.45, 2.75) is 19.3 Å². The number of hydrogen-bond donors (Lipinski definition) is 0. The van der Waals surface area contributed by atoms with Crippen LogP contribution in [0.2, 0.25) is 0 Å². The first-order chi connectivity index (χ1) is 13.3. The van der Waals surface area contributed by atoms with Crippen LogP contribution in [0.3, 0.4) is 0 Å². The highest BCUT2D eigenvalue weighted by Crippen LogP contribution is 2.24. The number of hydrogen-bond acceptors (Lipinski definition) is 4. The van der Waals surface area contributed by atoms with Crippen LogP contribution in [0.4, 0.5) is 13.2 Å². The third-order valence-electron chi connectivity index (χ3n) is 4.50. The van der Waals surface area contributed by atoms with Crippen LogP contribution in [-0.2, 0) is 13.0 Å². The molecule has 0 fully saturated rings. The zero-order valence-electron chi connectivity index (χ0n) is 14.4. The molecule has 1 amide bonds. The summed E-state index contributed by atoms with van der Waals surface area (Å²) in [7, 11) is 0. The molecule has 28 heavy (non-hydrogen) atoms. The molecule has 3 heterocycles. The van der Waals surface area contributed by atoms with Crippen molar-refractivity contribution in [2.24, 2.45) is 0 Å². The third-order valence-corrected chi connectivity index (χ3v) is 4.50. The van der Waals surface area contributed by atoms with Crippen molar-refractivity contribution >= 4 is 11.6 Å². The molecule has 0 N–H and O–H groups in total. The number of ether oxygens (including phenoxy) is 1. The summed E-state index contributed by atoms with van der Waals surface area (Å²) in [6.07, 6.45) is -2.75. The van der Waals surface area contributed by atoms with Crippen molar-refractivity contribution in [1.29, 1.82) is 0 Å². The predicted octanol–water partition coefficient (Wildman–Crippen LogP) is 2.79. The Bertz CT molecular complexity index is 1110. The molecule has 0 atom stereocenters. The van der Waals surface area contributed by atoms with E-state index in [2.05, 4.69) is 9.72 Å². The maximum absolute atomic E-state index is 12.7. The van der Waals surface area contributed by atoms with Crippen molar-refractivity contribution < 1.29 is 22.7 Å². The van der Waals surface area contributed by atoms with E-state index < -0.39 is 12.1 Å². The van der Waals surface area contributed by atoms with E-state index in [-0.39, 0.29) is 23.6 Å². The normalized spacial score (nSPS) is 14.0. The predicted molar refractivity (Wildman–Crippen MR) is 93.0 cm³/mol. The van der Waals surface area contributed by atoms with E-state index in [1.807, 2.05) is 0 Å². The molecule has 1 aromatic carbocycles. The summed E-state index contributed by atoms with van der Waals surface area (Å²) in [6.45, 7) is 0.459. The summed E-state index contributed by atoms with van der Waals surface area (Å²) in [6, 6.07) is 9.96. The minimum Gasteiger partial charge on any atom is -0.406 e. The van der Waals surface area contributed by atoms with E-state index in [0.29, 0.717) is 29.9 Å². The lowest BCUT2D eigenvalue weighted by atomic mass is 10.1. The molecule has 4 rings (SSSR count). The molecule has 1 aliphatic rings. The molecule has 0 aliphatic carbocycles. The zero-order chi connectivity index (χ0) is 19.9. The fraction of sp³-hybridized carbons (Fsp3) is 0.211. The first-order valence-corrected chi connectivity index (χ1v) is 8.46. The number of pyridine rings is 1. The minimum atomic E-state index is -4.79. The van der Waals surface area contributed by atoms with Crippen LogP contribution in [0.1, 0.15) is 21.6 Å². The second kappa shape index (κ2) is 6.66. The molecule has 6 nitrogen and oxygen atoms in total. The van der Waals surface area contributed by atoms with Gasteiger partial charge in [0.05, 0.1) is 17.8 Å². The number of carbonyl (C=O) groups is 1. The van der Waals surface area contributed by atoms with Gasteiger partial charge in [-0.15, -0.1) is 13.2 Å². The number of alkyl halides is 3. The number of halogens is 3. The Morgan fingerprint density at radius 2 is 1.86 bits per heavy atom. The van der Waals surface area contributed by atoms with Gasteiger partial charge in [-0.05, 0) is 36.4 Å². The molecule has 9 heteroatoms. The molecule has 1 aliphatic heterocycles. The number of nitrogens with zero attached hydrogens (tertiary/aromatic N) is 3. The van der Waals surface area contributed by atoms with Gasteiger partial charge in [0.2, 0.25) is 0 Å². The SMILES string of the molecule is O=C(c1ccc(OC(F)(F)F)cc1)N1CCc2nc3ccccn3c(=O)c2C1. The summed E-state index contributed by atoms with van der Waals surface area (Å²) in [5.74, 6) is -0.774. The van der Waals surface area contributed by atoms with Gasteiger partial charge in [0, 0.05) is 24.7 Å². The summed E-state index contributed by atoms with van der Waals surface area (Å²) >= 11 is 0. The maximum atomic E-state index is 12.7. The first-order valence-electron chi connectivity index (χ1n) is 8.46. The molecule has 144 valence electrons. The number of benzene rings is 1. The molecular formula is C19H14F3N3O3. The summed E-state index contributed by atoms with van der Waals surface area (Å²) in [5.41, 5.74) is 1.64. The monoisotopic (exact) mass is 389 g/mol. The van der Waals surface area contributed by atoms with Gasteiger partial charge >= 0.3 is 6.36 Å². The average molecular weight is 389 g/mol. The van der Waals surface area contributed by atoms with Crippen LogP contribution in [-0.4, -0.2) is 33.1 Å². The Balaban J connectivity index is 1.58. The number of carbonyl (C=O) groups excluding carboxylic acids is 1. The third kappa shape index (κ3) is 3.42. The molecule has 3 aromatic rings. The van der Waals surface area contributed by atoms with Crippen molar-refractivity contribution in [2.75, 3.05) is 6.54 Å². The Labute approximate surface area is 156 Å². The van der Waals surface area contributed by atoms with Crippen LogP contribution < -0.4 is 10.3 Å². The first kappa shape index (κ1) is 18.0.